The smallest absolute Gasteiger partial charge is 0.115 e. The summed E-state index contributed by atoms with van der Waals surface area (Å²) < 4.78 is 5.60. The first-order chi connectivity index (χ1) is 5.07. The molecule has 0 aromatic carbocycles. The lowest BCUT2D eigenvalue weighted by Crippen LogP contribution is -2.17. The third-order valence-electron chi connectivity index (χ3n) is 1.24. The van der Waals surface area contributed by atoms with Crippen LogP contribution in [-0.4, -0.2) is 12.0 Å². The molecule has 11 heavy (non-hydrogen) atoms. The van der Waals surface area contributed by atoms with Crippen molar-refractivity contribution in [3.63, 3.8) is 0 Å². The lowest BCUT2D eigenvalue weighted by molar-refractivity contribution is 0.0655. The first-order valence-electron chi connectivity index (χ1n) is 3.99. The molecule has 0 N–H and O–H groups in total. The summed E-state index contributed by atoms with van der Waals surface area (Å²) in [5.74, 6) is 1.15. The lowest BCUT2D eigenvalue weighted by atomic mass is 10.2. The molecule has 0 heterocycles. The molecule has 0 rings (SSSR count). The van der Waals surface area contributed by atoms with E-state index in [1.54, 1.807) is 0 Å². The molecule has 0 amide bonds. The standard InChI is InChI=1S/C8H18OS2/c1-6(2)5-9-8(11-10)7(3)4/h6-8,10H,5H2,1-4H3. The van der Waals surface area contributed by atoms with Gasteiger partial charge in [0.2, 0.25) is 0 Å². The maximum absolute atomic E-state index is 5.60. The lowest BCUT2D eigenvalue weighted by Gasteiger charge is -2.19. The average Bonchev–Trinajstić information content (AvgIpc) is 1.87. The largest absolute Gasteiger partial charge is 0.366 e. The summed E-state index contributed by atoms with van der Waals surface area (Å²) in [5.41, 5.74) is 0.237. The van der Waals surface area contributed by atoms with Crippen LogP contribution in [0.2, 0.25) is 0 Å². The van der Waals surface area contributed by atoms with Crippen molar-refractivity contribution in [2.24, 2.45) is 11.8 Å². The Morgan fingerprint density at radius 3 is 2.09 bits per heavy atom. The van der Waals surface area contributed by atoms with Gasteiger partial charge in [0.1, 0.15) is 5.44 Å². The van der Waals surface area contributed by atoms with Crippen LogP contribution in [0.5, 0.6) is 0 Å². The average molecular weight is 194 g/mol. The van der Waals surface area contributed by atoms with Gasteiger partial charge in [-0.1, -0.05) is 38.5 Å². The molecule has 0 bridgehead atoms. The second-order valence-electron chi connectivity index (χ2n) is 3.44. The van der Waals surface area contributed by atoms with Crippen LogP contribution in [0.15, 0.2) is 0 Å². The summed E-state index contributed by atoms with van der Waals surface area (Å²) in [5, 5.41) is 0. The van der Waals surface area contributed by atoms with E-state index in [1.165, 1.54) is 10.8 Å². The van der Waals surface area contributed by atoms with E-state index in [0.29, 0.717) is 11.8 Å². The van der Waals surface area contributed by atoms with Crippen LogP contribution in [-0.2, 0) is 4.74 Å². The van der Waals surface area contributed by atoms with Crippen molar-refractivity contribution in [1.29, 1.82) is 0 Å². The Kier molecular flexibility index (Phi) is 6.58. The van der Waals surface area contributed by atoms with Crippen molar-refractivity contribution in [2.75, 3.05) is 6.61 Å². The normalized spacial score (nSPS) is 14.5. The first kappa shape index (κ1) is 11.7. The molecule has 0 saturated carbocycles. The third-order valence-corrected chi connectivity index (χ3v) is 2.75. The predicted molar refractivity (Wildman–Crippen MR) is 56.0 cm³/mol. The SMILES string of the molecule is CC(C)COC(SS)C(C)C. The summed E-state index contributed by atoms with van der Waals surface area (Å²) >= 11 is 4.15. The number of ether oxygens (including phenoxy) is 1. The molecule has 68 valence electrons. The van der Waals surface area contributed by atoms with Gasteiger partial charge in [0.05, 0.1) is 6.61 Å². The Balaban J connectivity index is 3.52. The minimum atomic E-state index is 0.237. The molecular weight excluding hydrogens is 176 g/mol. The van der Waals surface area contributed by atoms with Crippen molar-refractivity contribution >= 4 is 22.5 Å². The number of hydrogen-bond donors (Lipinski definition) is 1. The summed E-state index contributed by atoms with van der Waals surface area (Å²) in [6, 6.07) is 0. The fourth-order valence-electron chi connectivity index (χ4n) is 0.632. The summed E-state index contributed by atoms with van der Waals surface area (Å²) in [6.45, 7) is 9.43. The van der Waals surface area contributed by atoms with Crippen molar-refractivity contribution in [3.05, 3.63) is 0 Å². The van der Waals surface area contributed by atoms with Crippen LogP contribution in [0.3, 0.4) is 0 Å². The van der Waals surface area contributed by atoms with Crippen molar-refractivity contribution in [3.8, 4) is 0 Å². The van der Waals surface area contributed by atoms with Gasteiger partial charge in [-0.3, -0.25) is 0 Å². The first-order valence-corrected chi connectivity index (χ1v) is 5.93. The number of hydrogen-bond acceptors (Lipinski definition) is 3. The molecule has 0 aromatic rings. The topological polar surface area (TPSA) is 9.23 Å². The highest BCUT2D eigenvalue weighted by molar-refractivity contribution is 8.68. The van der Waals surface area contributed by atoms with Crippen LogP contribution in [0.25, 0.3) is 0 Å². The van der Waals surface area contributed by atoms with Crippen molar-refractivity contribution in [1.82, 2.24) is 0 Å². The highest BCUT2D eigenvalue weighted by Gasteiger charge is 2.12. The van der Waals surface area contributed by atoms with Crippen molar-refractivity contribution in [2.45, 2.75) is 33.1 Å². The second kappa shape index (κ2) is 6.21. The zero-order valence-corrected chi connectivity index (χ0v) is 9.41. The second-order valence-corrected chi connectivity index (χ2v) is 4.75. The maximum Gasteiger partial charge on any atom is 0.115 e. The van der Waals surface area contributed by atoms with E-state index in [4.69, 9.17) is 4.74 Å². The van der Waals surface area contributed by atoms with Crippen LogP contribution in [0.1, 0.15) is 27.7 Å². The summed E-state index contributed by atoms with van der Waals surface area (Å²) in [7, 11) is 1.49. The highest BCUT2D eigenvalue weighted by atomic mass is 33.1. The highest BCUT2D eigenvalue weighted by Crippen LogP contribution is 2.23. The van der Waals surface area contributed by atoms with Crippen LogP contribution < -0.4 is 0 Å². The van der Waals surface area contributed by atoms with E-state index in [-0.39, 0.29) is 5.44 Å². The Labute approximate surface area is 79.1 Å². The third kappa shape index (κ3) is 5.88. The Morgan fingerprint density at radius 1 is 1.27 bits per heavy atom. The molecule has 1 nitrogen and oxygen atoms in total. The van der Waals surface area contributed by atoms with E-state index < -0.39 is 0 Å². The van der Waals surface area contributed by atoms with E-state index in [1.807, 2.05) is 0 Å². The van der Waals surface area contributed by atoms with Gasteiger partial charge >= 0.3 is 0 Å². The van der Waals surface area contributed by atoms with E-state index in [2.05, 4.69) is 39.4 Å². The minimum absolute atomic E-state index is 0.237. The van der Waals surface area contributed by atoms with Gasteiger partial charge < -0.3 is 4.74 Å². The minimum Gasteiger partial charge on any atom is -0.366 e. The molecule has 0 aliphatic heterocycles. The fraction of sp³-hybridized carbons (Fsp3) is 1.00. The molecule has 0 spiro atoms. The van der Waals surface area contributed by atoms with Crippen molar-refractivity contribution < 1.29 is 4.74 Å². The van der Waals surface area contributed by atoms with Gasteiger partial charge in [0.25, 0.3) is 0 Å². The molecule has 1 unspecified atom stereocenters. The zero-order chi connectivity index (χ0) is 8.85. The van der Waals surface area contributed by atoms with Gasteiger partial charge in [0.15, 0.2) is 0 Å². The van der Waals surface area contributed by atoms with E-state index in [0.717, 1.165) is 6.61 Å². The van der Waals surface area contributed by atoms with Crippen LogP contribution in [0, 0.1) is 11.8 Å². The fourth-order valence-corrected chi connectivity index (χ4v) is 1.93. The Bertz CT molecular complexity index is 94.1. The molecule has 0 aliphatic rings. The molecular formula is C8H18OS2. The summed E-state index contributed by atoms with van der Waals surface area (Å²) in [4.78, 5) is 0. The molecule has 3 heteroatoms. The van der Waals surface area contributed by atoms with E-state index >= 15 is 0 Å². The van der Waals surface area contributed by atoms with Gasteiger partial charge in [-0.15, -0.1) is 11.7 Å². The van der Waals surface area contributed by atoms with E-state index in [9.17, 15) is 0 Å². The number of thiol groups is 1. The van der Waals surface area contributed by atoms with Gasteiger partial charge in [0, 0.05) is 0 Å². The summed E-state index contributed by atoms with van der Waals surface area (Å²) in [6.07, 6.45) is 0. The molecule has 0 saturated heterocycles. The predicted octanol–water partition coefficient (Wildman–Crippen LogP) is 3.22. The molecule has 1 atom stereocenters. The van der Waals surface area contributed by atoms with Crippen LogP contribution in [0.4, 0.5) is 0 Å². The molecule has 0 fully saturated rings. The Morgan fingerprint density at radius 2 is 1.82 bits per heavy atom. The quantitative estimate of drug-likeness (QED) is 0.409. The van der Waals surface area contributed by atoms with Gasteiger partial charge in [-0.2, -0.15) is 0 Å². The van der Waals surface area contributed by atoms with Gasteiger partial charge in [-0.05, 0) is 11.8 Å². The molecule has 0 aliphatic carbocycles. The Hall–Kier alpha value is 0.660. The molecule has 0 radical (unpaired) electrons. The number of rotatable bonds is 5. The zero-order valence-electron chi connectivity index (χ0n) is 7.70. The van der Waals surface area contributed by atoms with Gasteiger partial charge in [-0.25, -0.2) is 0 Å². The monoisotopic (exact) mass is 194 g/mol. The van der Waals surface area contributed by atoms with Crippen LogP contribution >= 0.6 is 22.5 Å². The molecule has 0 aromatic heterocycles. The maximum atomic E-state index is 5.60.